The summed E-state index contributed by atoms with van der Waals surface area (Å²) >= 11 is 0. The van der Waals surface area contributed by atoms with Gasteiger partial charge < -0.3 is 214 Å². The Bertz CT molecular complexity index is 2640. The molecule has 0 aromatic rings. The van der Waals surface area contributed by atoms with E-state index in [1.807, 2.05) is 0 Å². The first-order chi connectivity index (χ1) is 50.0. The van der Waals surface area contributed by atoms with Gasteiger partial charge in [0.15, 0.2) is 44.0 Å². The average Bonchev–Trinajstić information content (AvgIpc) is 0.751. The van der Waals surface area contributed by atoms with Crippen LogP contribution in [0.15, 0.2) is 0 Å². The lowest BCUT2D eigenvalue weighted by atomic mass is 9.88. The number of carboxylic acid groups (broad SMARTS) is 1. The fourth-order valence-electron chi connectivity index (χ4n) is 14.1. The zero-order chi connectivity index (χ0) is 78.6. The van der Waals surface area contributed by atoms with Gasteiger partial charge in [0.2, 0.25) is 0 Å². The number of ether oxygens (including phenoxy) is 16. The maximum atomic E-state index is 13.0. The van der Waals surface area contributed by atoms with Crippen LogP contribution in [0, 0.1) is 23.7 Å². The molecule has 0 aromatic carbocycles. The molecule has 620 valence electrons. The fourth-order valence-corrected chi connectivity index (χ4v) is 14.1. The van der Waals surface area contributed by atoms with E-state index in [0.29, 0.717) is 0 Å². The molecule has 0 saturated carbocycles. The van der Waals surface area contributed by atoms with Crippen molar-refractivity contribution < 1.29 is 213 Å². The first-order valence-electron chi connectivity index (χ1n) is 35.0. The second-order valence-electron chi connectivity index (χ2n) is 28.3. The van der Waals surface area contributed by atoms with Gasteiger partial charge in [0, 0.05) is 30.1 Å². The summed E-state index contributed by atoms with van der Waals surface area (Å²) in [6.45, 7) is -1.31. The molecule has 8 heterocycles. The van der Waals surface area contributed by atoms with E-state index in [1.165, 1.54) is 20.8 Å². The third-order valence-corrected chi connectivity index (χ3v) is 21.2. The molecule has 0 bridgehead atoms. The summed E-state index contributed by atoms with van der Waals surface area (Å²) in [5, 5.41) is 285. The molecule has 106 heavy (non-hydrogen) atoms. The molecule has 0 aromatic heterocycles. The van der Waals surface area contributed by atoms with Crippen LogP contribution in [0.1, 0.15) is 47.5 Å². The molecule has 44 nitrogen and oxygen atoms in total. The highest BCUT2D eigenvalue weighted by molar-refractivity contribution is 5.76. The molecule has 0 amide bonds. The van der Waals surface area contributed by atoms with Gasteiger partial charge in [-0.25, -0.2) is 4.79 Å². The van der Waals surface area contributed by atoms with Crippen molar-refractivity contribution >= 4 is 5.97 Å². The number of hydrogen-bond donors (Lipinski definition) is 27. The van der Waals surface area contributed by atoms with Crippen molar-refractivity contribution in [3.8, 4) is 0 Å². The summed E-state index contributed by atoms with van der Waals surface area (Å²) in [4.78, 5) is 13.0. The lowest BCUT2D eigenvalue weighted by molar-refractivity contribution is -0.391. The van der Waals surface area contributed by atoms with Gasteiger partial charge in [-0.15, -0.1) is 0 Å². The van der Waals surface area contributed by atoms with Gasteiger partial charge in [0.1, 0.15) is 153 Å². The van der Waals surface area contributed by atoms with E-state index >= 15 is 0 Å². The zero-order valence-corrected chi connectivity index (χ0v) is 58.3. The molecule has 0 aliphatic carbocycles. The number of carboxylic acids is 1. The van der Waals surface area contributed by atoms with Crippen molar-refractivity contribution in [2.75, 3.05) is 59.5 Å². The number of aliphatic hydroxyl groups is 25. The van der Waals surface area contributed by atoms with Crippen LogP contribution in [-0.2, 0) is 80.6 Å². The average molecular weight is 1560 g/mol. The molecule has 17 unspecified atom stereocenters. The van der Waals surface area contributed by atoms with E-state index in [0.717, 1.165) is 0 Å². The Hall–Kier alpha value is -2.21. The van der Waals surface area contributed by atoms with E-state index in [9.17, 15) is 138 Å². The van der Waals surface area contributed by atoms with Crippen molar-refractivity contribution in [2.24, 2.45) is 29.4 Å². The summed E-state index contributed by atoms with van der Waals surface area (Å²) in [5.41, 5.74) is 5.98. The zero-order valence-electron chi connectivity index (χ0n) is 58.3. The minimum absolute atomic E-state index is 0.522. The number of aliphatic carboxylic acids is 1. The van der Waals surface area contributed by atoms with Crippen LogP contribution in [-0.4, -0.2) is 449 Å². The third-order valence-electron chi connectivity index (χ3n) is 21.2. The van der Waals surface area contributed by atoms with Crippen molar-refractivity contribution in [1.82, 2.24) is 0 Å². The molecule has 8 rings (SSSR count). The molecule has 44 heteroatoms. The molecule has 0 spiro atoms. The van der Waals surface area contributed by atoms with E-state index in [-0.39, 0.29) is 0 Å². The van der Waals surface area contributed by atoms with E-state index in [4.69, 9.17) is 81.5 Å². The Balaban J connectivity index is 1.01. The number of rotatable bonds is 32. The topological polar surface area (TPSA) is 717 Å². The predicted octanol–water partition coefficient (Wildman–Crippen LogP) is -15.3. The number of nitrogens with two attached hydrogens (primary N) is 1. The monoisotopic (exact) mass is 1560 g/mol. The molecule has 8 fully saturated rings. The van der Waals surface area contributed by atoms with Gasteiger partial charge in [-0.3, -0.25) is 0 Å². The van der Waals surface area contributed by atoms with Crippen LogP contribution in [0.25, 0.3) is 0 Å². The van der Waals surface area contributed by atoms with E-state index in [2.05, 4.69) is 0 Å². The molecular weight excluding hydrogens is 1450 g/mol. The summed E-state index contributed by atoms with van der Waals surface area (Å²) in [5.74, 6) is -9.45. The van der Waals surface area contributed by atoms with Crippen LogP contribution < -0.4 is 5.73 Å². The first kappa shape index (κ1) is 89.3. The largest absolute Gasteiger partial charge is 0.477 e. The lowest BCUT2D eigenvalue weighted by Crippen LogP contribution is -2.70. The number of carbonyl (C=O) groups is 1. The minimum Gasteiger partial charge on any atom is -0.477 e. The van der Waals surface area contributed by atoms with Gasteiger partial charge in [-0.05, 0) is 13.3 Å². The lowest BCUT2D eigenvalue weighted by Gasteiger charge is -2.50. The minimum atomic E-state index is -3.12. The number of hydrogen-bond acceptors (Lipinski definition) is 43. The van der Waals surface area contributed by atoms with Crippen LogP contribution in [0.3, 0.4) is 0 Å². The first-order valence-corrected chi connectivity index (χ1v) is 35.0. The molecule has 45 atom stereocenters. The SMILES string of the molecule is CC1C(O)[C@H](OC2OC(CO)[C@H](O)[C@H](O[C@]3(C(=O)O)C[C@@H](O)[C@@H](N)C([C@H](O)[C@H](O)CO)O3)C2O)[C@H](CO)O[C@H]1O[C@@H]1C(O)[C@H](O)C(CO)O[C@@H]1OCC[C@@H](O)C(O[C@H]1O[C@H](CO)[C@@H](O)C(O)C1O[C@@H]1OC(CO)[C@@H](O)C(O)[C@@H]1C)[C@@H](O)[C@@H](O)O[C@@H]1C(CO)O[C@@H](O[C@@H]2C(CO)O[C@@H](C)[C@@H](C)C2O)[C@@H](C)C1O. The van der Waals surface area contributed by atoms with Gasteiger partial charge in [0.05, 0.1) is 108 Å². The van der Waals surface area contributed by atoms with Crippen molar-refractivity contribution in [1.29, 1.82) is 0 Å². The van der Waals surface area contributed by atoms with Crippen molar-refractivity contribution in [3.63, 3.8) is 0 Å². The summed E-state index contributed by atoms with van der Waals surface area (Å²) in [6.07, 6.45) is -75.0. The maximum Gasteiger partial charge on any atom is 0.364 e. The Morgan fingerprint density at radius 1 is 0.434 bits per heavy atom. The Kier molecular flexibility index (Phi) is 32.7. The Morgan fingerprint density at radius 2 is 0.840 bits per heavy atom. The van der Waals surface area contributed by atoms with E-state index in [1.54, 1.807) is 13.8 Å². The Morgan fingerprint density at radius 3 is 1.35 bits per heavy atom. The second kappa shape index (κ2) is 38.7. The molecule has 0 radical (unpaired) electrons. The van der Waals surface area contributed by atoms with Gasteiger partial charge in [-0.1, -0.05) is 27.7 Å². The fraction of sp³-hybridized carbons (Fsp3) is 0.984. The quantitative estimate of drug-likeness (QED) is 0.0278. The molecule has 8 aliphatic heterocycles. The summed E-state index contributed by atoms with van der Waals surface area (Å²) < 4.78 is 94.1. The molecule has 28 N–H and O–H groups in total. The smallest absolute Gasteiger partial charge is 0.364 e. The molecular formula is C62H109NO43. The third kappa shape index (κ3) is 19.1. The van der Waals surface area contributed by atoms with Gasteiger partial charge in [0.25, 0.3) is 5.79 Å². The summed E-state index contributed by atoms with van der Waals surface area (Å²) in [6, 6.07) is -1.62. The van der Waals surface area contributed by atoms with Crippen LogP contribution >= 0.6 is 0 Å². The predicted molar refractivity (Wildman–Crippen MR) is 334 cm³/mol. The standard InChI is InChI=1S/C62H109NO43/c1-17-21(5)92-29(14-69)48(34(17)76)101-56-19(3)35(77)47(30(15-70)97-56)99-54(88)44(86)46(100-60-53(43(85)40(82)27(12-67)96-60)104-55-18(2)33(75)38(80)25(10-65)93-55)22(72)6-7-91-59-52(42(84)39(81)26(11-66)95-59)103-57-20(4)36(78)49(31(16-71)98-57)102-58-45(87)51(41(83)28(13-68)94-58)106-62(61(89)90)8-23(73)32(63)50(105-62)37(79)24(74)9-64/h17-60,64-88H,6-16,63H2,1-5H3,(H,89,90)/t17-,18+,19+,20?,21+,22-,23-,24-,25?,26?,27-,28?,29?,30?,31+,32-,33?,34?,35?,36?,37-,38-,39-,40-,41+,42?,43?,44-,45?,46?,47-,48-,49-,50?,51+,52-,53?,54+,55+,56+,57+,58?,59+,60-,62+/m1/s1. The van der Waals surface area contributed by atoms with Crippen molar-refractivity contribution in [3.05, 3.63) is 0 Å². The highest BCUT2D eigenvalue weighted by Crippen LogP contribution is 2.42. The highest BCUT2D eigenvalue weighted by atomic mass is 16.8. The second-order valence-corrected chi connectivity index (χ2v) is 28.3. The number of aliphatic hydroxyl groups excluding tert-OH is 25. The maximum absolute atomic E-state index is 13.0. The van der Waals surface area contributed by atoms with Crippen LogP contribution in [0.2, 0.25) is 0 Å². The normalized spacial score (nSPS) is 48.7. The molecule has 8 aliphatic rings. The van der Waals surface area contributed by atoms with E-state index < -0.39 is 353 Å². The summed E-state index contributed by atoms with van der Waals surface area (Å²) in [7, 11) is 0. The van der Waals surface area contributed by atoms with Crippen LogP contribution in [0.5, 0.6) is 0 Å². The molecule has 8 saturated heterocycles. The van der Waals surface area contributed by atoms with Gasteiger partial charge >= 0.3 is 5.97 Å². The highest BCUT2D eigenvalue weighted by Gasteiger charge is 2.61. The van der Waals surface area contributed by atoms with Crippen LogP contribution in [0.4, 0.5) is 0 Å². The van der Waals surface area contributed by atoms with Gasteiger partial charge in [-0.2, -0.15) is 0 Å². The Labute approximate surface area is 605 Å². The van der Waals surface area contributed by atoms with Crippen molar-refractivity contribution in [2.45, 2.75) is 299 Å².